The third kappa shape index (κ3) is 2.55. The van der Waals surface area contributed by atoms with Crippen LogP contribution in [0.3, 0.4) is 0 Å². The van der Waals surface area contributed by atoms with Gasteiger partial charge in [-0.2, -0.15) is 0 Å². The molecule has 0 atom stereocenters. The molecule has 1 aliphatic heterocycles. The van der Waals surface area contributed by atoms with E-state index in [1.54, 1.807) is 33.1 Å². The number of nitrogens with zero attached hydrogens (tertiary/aromatic N) is 2. The molecule has 0 saturated heterocycles. The Balaban J connectivity index is 1.92. The van der Waals surface area contributed by atoms with Crippen LogP contribution < -0.4 is 15.1 Å². The number of aromatic nitrogens is 1. The zero-order valence-corrected chi connectivity index (χ0v) is 14.2. The lowest BCUT2D eigenvalue weighted by molar-refractivity contribution is 0.0731. The fraction of sp³-hybridized carbons (Fsp3) is 0.412. The highest BCUT2D eigenvalue weighted by atomic mass is 16.5. The summed E-state index contributed by atoms with van der Waals surface area (Å²) in [7, 11) is 4.78. The summed E-state index contributed by atoms with van der Waals surface area (Å²) in [6.07, 6.45) is 0.693. The molecule has 0 saturated carbocycles. The highest BCUT2D eigenvalue weighted by Gasteiger charge is 2.28. The molecule has 1 aliphatic rings. The van der Waals surface area contributed by atoms with E-state index in [1.807, 2.05) is 12.1 Å². The van der Waals surface area contributed by atoms with E-state index in [1.165, 1.54) is 4.74 Å². The molecule has 2 aromatic rings. The predicted octanol–water partition coefficient (Wildman–Crippen LogP) is 1.50. The molecule has 3 rings (SSSR count). The summed E-state index contributed by atoms with van der Waals surface area (Å²) in [5, 5.41) is 0. The van der Waals surface area contributed by atoms with Crippen molar-refractivity contribution in [3.8, 4) is 11.5 Å². The first-order valence-corrected chi connectivity index (χ1v) is 7.66. The number of hydrogen-bond donors (Lipinski definition) is 0. The molecule has 0 bridgehead atoms. The lowest BCUT2D eigenvalue weighted by Gasteiger charge is -2.29. The molecule has 0 N–H and O–H groups in total. The van der Waals surface area contributed by atoms with E-state index in [0.29, 0.717) is 36.7 Å². The number of carbonyl (C=O) groups is 1. The molecule has 0 radical (unpaired) electrons. The lowest BCUT2D eigenvalue weighted by Crippen LogP contribution is -2.38. The number of rotatable bonds is 3. The van der Waals surface area contributed by atoms with Crippen LogP contribution in [0.4, 0.5) is 0 Å². The Kier molecular flexibility index (Phi) is 4.09. The zero-order valence-electron chi connectivity index (χ0n) is 14.2. The largest absolute Gasteiger partial charge is 0.493 e. The van der Waals surface area contributed by atoms with Gasteiger partial charge in [0.05, 0.1) is 19.9 Å². The zero-order chi connectivity index (χ0) is 17.4. The molecule has 1 aromatic carbocycles. The van der Waals surface area contributed by atoms with Crippen molar-refractivity contribution in [2.24, 2.45) is 7.05 Å². The van der Waals surface area contributed by atoms with E-state index in [2.05, 4.69) is 0 Å². The topological polar surface area (TPSA) is 73.9 Å². The maximum Gasteiger partial charge on any atom is 0.370 e. The van der Waals surface area contributed by atoms with Gasteiger partial charge in [-0.25, -0.2) is 9.53 Å². The minimum Gasteiger partial charge on any atom is -0.493 e. The number of aryl methyl sites for hydroxylation is 1. The van der Waals surface area contributed by atoms with Crippen LogP contribution in [0, 0.1) is 6.92 Å². The van der Waals surface area contributed by atoms with E-state index >= 15 is 0 Å². The van der Waals surface area contributed by atoms with E-state index < -0.39 is 5.63 Å². The Labute approximate surface area is 139 Å². The van der Waals surface area contributed by atoms with Gasteiger partial charge in [0.25, 0.3) is 5.91 Å². The second kappa shape index (κ2) is 6.07. The van der Waals surface area contributed by atoms with Gasteiger partial charge < -0.3 is 18.9 Å². The molecule has 2 heterocycles. The van der Waals surface area contributed by atoms with Gasteiger partial charge in [0.15, 0.2) is 11.5 Å². The molecular formula is C17H20N2O5. The van der Waals surface area contributed by atoms with Crippen molar-refractivity contribution in [3.05, 3.63) is 44.9 Å². The van der Waals surface area contributed by atoms with Crippen molar-refractivity contribution in [2.75, 3.05) is 20.8 Å². The number of amides is 1. The number of ether oxygens (including phenoxy) is 2. The minimum atomic E-state index is -0.599. The van der Waals surface area contributed by atoms with Crippen LogP contribution in [0.15, 0.2) is 21.5 Å². The van der Waals surface area contributed by atoms with Crippen molar-refractivity contribution in [1.82, 2.24) is 9.64 Å². The summed E-state index contributed by atoms with van der Waals surface area (Å²) in [6.45, 7) is 2.65. The van der Waals surface area contributed by atoms with Crippen LogP contribution in [-0.4, -0.2) is 36.3 Å². The van der Waals surface area contributed by atoms with Crippen LogP contribution >= 0.6 is 0 Å². The molecule has 0 aliphatic carbocycles. The summed E-state index contributed by atoms with van der Waals surface area (Å²) < 4.78 is 16.9. The van der Waals surface area contributed by atoms with Crippen LogP contribution in [0.1, 0.15) is 27.2 Å². The van der Waals surface area contributed by atoms with E-state index in [4.69, 9.17) is 14.0 Å². The molecule has 7 nitrogen and oxygen atoms in total. The van der Waals surface area contributed by atoms with Gasteiger partial charge in [0, 0.05) is 20.1 Å². The average Bonchev–Trinajstić information content (AvgIpc) is 2.84. The number of hydrogen-bond acceptors (Lipinski definition) is 5. The highest BCUT2D eigenvalue weighted by molar-refractivity contribution is 5.95. The van der Waals surface area contributed by atoms with Crippen LogP contribution in [0.5, 0.6) is 11.5 Å². The molecule has 1 aromatic heterocycles. The average molecular weight is 332 g/mol. The Morgan fingerprint density at radius 2 is 1.79 bits per heavy atom. The number of methoxy groups -OCH3 is 2. The summed E-state index contributed by atoms with van der Waals surface area (Å²) in [6, 6.07) is 3.83. The van der Waals surface area contributed by atoms with Gasteiger partial charge in [0.1, 0.15) is 5.56 Å². The standard InChI is InChI=1S/C17H20N2O5/c1-10-15(17(21)24-18(10)2)16(20)19-6-5-11-7-13(22-3)14(23-4)8-12(11)9-19/h7-8H,5-6,9H2,1-4H3. The quantitative estimate of drug-likeness (QED) is 0.852. The van der Waals surface area contributed by atoms with Gasteiger partial charge in [-0.15, -0.1) is 0 Å². The first-order chi connectivity index (χ1) is 11.5. The molecule has 24 heavy (non-hydrogen) atoms. The fourth-order valence-corrected chi connectivity index (χ4v) is 3.00. The summed E-state index contributed by atoms with van der Waals surface area (Å²) in [4.78, 5) is 26.3. The van der Waals surface area contributed by atoms with Crippen molar-refractivity contribution >= 4 is 5.91 Å². The molecule has 0 spiro atoms. The molecule has 1 amide bonds. The Bertz CT molecular complexity index is 849. The third-order valence-corrected chi connectivity index (χ3v) is 4.48. The Hall–Kier alpha value is -2.70. The summed E-state index contributed by atoms with van der Waals surface area (Å²) >= 11 is 0. The van der Waals surface area contributed by atoms with Gasteiger partial charge in [-0.05, 0) is 36.6 Å². The van der Waals surface area contributed by atoms with Crippen molar-refractivity contribution < 1.29 is 18.8 Å². The van der Waals surface area contributed by atoms with Gasteiger partial charge in [-0.3, -0.25) is 4.79 Å². The lowest BCUT2D eigenvalue weighted by atomic mass is 9.98. The van der Waals surface area contributed by atoms with E-state index in [0.717, 1.165) is 11.1 Å². The normalized spacial score (nSPS) is 13.6. The molecule has 128 valence electrons. The SMILES string of the molecule is COc1cc2c(cc1OC)CN(C(=O)c1c(C)n(C)oc1=O)CC2. The predicted molar refractivity (Wildman–Crippen MR) is 86.7 cm³/mol. The molecule has 0 unspecified atom stereocenters. The second-order valence-corrected chi connectivity index (χ2v) is 5.79. The molecular weight excluding hydrogens is 312 g/mol. The van der Waals surface area contributed by atoms with Crippen molar-refractivity contribution in [1.29, 1.82) is 0 Å². The second-order valence-electron chi connectivity index (χ2n) is 5.79. The minimum absolute atomic E-state index is 0.0985. The maximum atomic E-state index is 12.7. The summed E-state index contributed by atoms with van der Waals surface area (Å²) in [5.74, 6) is 0.999. The number of fused-ring (bicyclic) bond motifs is 1. The monoisotopic (exact) mass is 332 g/mol. The van der Waals surface area contributed by atoms with Crippen molar-refractivity contribution in [2.45, 2.75) is 19.9 Å². The fourth-order valence-electron chi connectivity index (χ4n) is 3.00. The van der Waals surface area contributed by atoms with Crippen LogP contribution in [0.2, 0.25) is 0 Å². The van der Waals surface area contributed by atoms with E-state index in [9.17, 15) is 9.59 Å². The van der Waals surface area contributed by atoms with Crippen LogP contribution in [0.25, 0.3) is 0 Å². The first-order valence-electron chi connectivity index (χ1n) is 7.66. The van der Waals surface area contributed by atoms with Gasteiger partial charge >= 0.3 is 5.63 Å². The van der Waals surface area contributed by atoms with Gasteiger partial charge in [0.2, 0.25) is 0 Å². The molecule has 0 fully saturated rings. The van der Waals surface area contributed by atoms with Gasteiger partial charge in [-0.1, -0.05) is 0 Å². The number of benzene rings is 1. The number of carbonyl (C=O) groups excluding carboxylic acids is 1. The third-order valence-electron chi connectivity index (χ3n) is 4.48. The van der Waals surface area contributed by atoms with Crippen LogP contribution in [-0.2, 0) is 20.0 Å². The maximum absolute atomic E-state index is 12.7. The Morgan fingerprint density at radius 1 is 1.17 bits per heavy atom. The Morgan fingerprint density at radius 3 is 2.33 bits per heavy atom. The van der Waals surface area contributed by atoms with Crippen molar-refractivity contribution in [3.63, 3.8) is 0 Å². The van der Waals surface area contributed by atoms with E-state index in [-0.39, 0.29) is 11.5 Å². The summed E-state index contributed by atoms with van der Waals surface area (Å²) in [5.41, 5.74) is 2.14. The molecule has 7 heteroatoms. The highest BCUT2D eigenvalue weighted by Crippen LogP contribution is 2.33. The smallest absolute Gasteiger partial charge is 0.370 e. The first kappa shape index (κ1) is 16.2.